The predicted octanol–water partition coefficient (Wildman–Crippen LogP) is 3.93. The van der Waals surface area contributed by atoms with Gasteiger partial charge in [0.15, 0.2) is 0 Å². The summed E-state index contributed by atoms with van der Waals surface area (Å²) >= 11 is 0. The van der Waals surface area contributed by atoms with Gasteiger partial charge in [0.05, 0.1) is 17.7 Å². The van der Waals surface area contributed by atoms with Crippen LogP contribution in [0.2, 0.25) is 0 Å². The number of para-hydroxylation sites is 2. The maximum atomic E-state index is 5.81. The van der Waals surface area contributed by atoms with Gasteiger partial charge in [-0.05, 0) is 43.3 Å². The van der Waals surface area contributed by atoms with Crippen LogP contribution in [-0.4, -0.2) is 28.1 Å². The minimum atomic E-state index is 0.511. The molecule has 0 amide bonds. The lowest BCUT2D eigenvalue weighted by Crippen LogP contribution is -2.24. The molecular weight excluding hydrogens is 288 g/mol. The van der Waals surface area contributed by atoms with Crippen LogP contribution in [0.4, 0.5) is 5.69 Å². The van der Waals surface area contributed by atoms with Gasteiger partial charge in [0, 0.05) is 24.6 Å². The topological polar surface area (TPSA) is 44.4 Å². The Bertz CT molecular complexity index is 805. The van der Waals surface area contributed by atoms with Crippen LogP contribution in [0.5, 0.6) is 11.8 Å². The Morgan fingerprint density at radius 1 is 1.09 bits per heavy atom. The molecule has 0 aliphatic carbocycles. The first-order valence-electron chi connectivity index (χ1n) is 7.73. The molecule has 2 heterocycles. The SMILES string of the molecule is CCN1C=CN(c2ccc(Oc3nc4ccccc4[nH]3)cc2)C1. The highest BCUT2D eigenvalue weighted by atomic mass is 16.5. The first-order valence-corrected chi connectivity index (χ1v) is 7.73. The minimum absolute atomic E-state index is 0.511. The van der Waals surface area contributed by atoms with E-state index >= 15 is 0 Å². The molecule has 1 aliphatic heterocycles. The van der Waals surface area contributed by atoms with Crippen molar-refractivity contribution in [2.45, 2.75) is 6.92 Å². The van der Waals surface area contributed by atoms with E-state index in [1.54, 1.807) is 0 Å². The lowest BCUT2D eigenvalue weighted by Gasteiger charge is -2.20. The van der Waals surface area contributed by atoms with Crippen molar-refractivity contribution in [3.05, 3.63) is 60.9 Å². The summed E-state index contributed by atoms with van der Waals surface area (Å²) in [5, 5.41) is 0. The number of nitrogens with one attached hydrogen (secondary N) is 1. The summed E-state index contributed by atoms with van der Waals surface area (Å²) < 4.78 is 5.81. The van der Waals surface area contributed by atoms with Gasteiger partial charge in [0.1, 0.15) is 5.75 Å². The van der Waals surface area contributed by atoms with Crippen LogP contribution in [0.25, 0.3) is 11.0 Å². The van der Waals surface area contributed by atoms with Gasteiger partial charge < -0.3 is 19.5 Å². The number of rotatable bonds is 4. The first-order chi connectivity index (χ1) is 11.3. The molecule has 0 bridgehead atoms. The number of imidazole rings is 1. The standard InChI is InChI=1S/C18H18N4O/c1-2-21-11-12-22(13-21)14-7-9-15(10-8-14)23-18-19-16-5-3-4-6-17(16)20-18/h3-12H,2,13H2,1H3,(H,19,20). The summed E-state index contributed by atoms with van der Waals surface area (Å²) in [6.07, 6.45) is 4.21. The molecule has 2 aromatic carbocycles. The van der Waals surface area contributed by atoms with Crippen LogP contribution in [-0.2, 0) is 0 Å². The number of H-pyrrole nitrogens is 1. The molecule has 0 saturated heterocycles. The third kappa shape index (κ3) is 2.73. The van der Waals surface area contributed by atoms with Crippen molar-refractivity contribution in [2.24, 2.45) is 0 Å². The summed E-state index contributed by atoms with van der Waals surface area (Å²) in [7, 11) is 0. The zero-order valence-electron chi connectivity index (χ0n) is 12.9. The van der Waals surface area contributed by atoms with E-state index in [1.807, 2.05) is 36.4 Å². The van der Waals surface area contributed by atoms with Gasteiger partial charge in [-0.25, -0.2) is 0 Å². The van der Waals surface area contributed by atoms with E-state index in [1.165, 1.54) is 0 Å². The number of ether oxygens (including phenoxy) is 1. The highest BCUT2D eigenvalue weighted by Crippen LogP contribution is 2.26. The molecule has 0 atom stereocenters. The second-order valence-corrected chi connectivity index (χ2v) is 5.47. The molecule has 1 aliphatic rings. The lowest BCUT2D eigenvalue weighted by atomic mass is 10.3. The minimum Gasteiger partial charge on any atom is -0.426 e. The maximum absolute atomic E-state index is 5.81. The van der Waals surface area contributed by atoms with E-state index in [2.05, 4.69) is 51.2 Å². The van der Waals surface area contributed by atoms with Gasteiger partial charge in [-0.3, -0.25) is 0 Å². The molecule has 1 N–H and O–H groups in total. The van der Waals surface area contributed by atoms with Crippen LogP contribution in [0, 0.1) is 0 Å². The van der Waals surface area contributed by atoms with Crippen molar-refractivity contribution >= 4 is 16.7 Å². The van der Waals surface area contributed by atoms with Gasteiger partial charge >= 0.3 is 0 Å². The molecule has 0 unspecified atom stereocenters. The molecule has 0 fully saturated rings. The van der Waals surface area contributed by atoms with E-state index in [-0.39, 0.29) is 0 Å². The van der Waals surface area contributed by atoms with Crippen LogP contribution < -0.4 is 9.64 Å². The van der Waals surface area contributed by atoms with E-state index in [0.717, 1.165) is 35.7 Å². The van der Waals surface area contributed by atoms with Gasteiger partial charge in [-0.15, -0.1) is 0 Å². The third-order valence-corrected chi connectivity index (χ3v) is 3.95. The molecule has 0 radical (unpaired) electrons. The molecule has 4 rings (SSSR count). The van der Waals surface area contributed by atoms with Crippen LogP contribution >= 0.6 is 0 Å². The Morgan fingerprint density at radius 2 is 1.91 bits per heavy atom. The fourth-order valence-electron chi connectivity index (χ4n) is 2.63. The Labute approximate surface area is 134 Å². The summed E-state index contributed by atoms with van der Waals surface area (Å²) in [4.78, 5) is 12.0. The van der Waals surface area contributed by atoms with Crippen molar-refractivity contribution in [1.29, 1.82) is 0 Å². The number of hydrogen-bond donors (Lipinski definition) is 1. The number of hydrogen-bond acceptors (Lipinski definition) is 4. The first kappa shape index (κ1) is 13.7. The quantitative estimate of drug-likeness (QED) is 0.793. The molecule has 3 aromatic rings. The molecule has 5 nitrogen and oxygen atoms in total. The number of nitrogens with zero attached hydrogens (tertiary/aromatic N) is 3. The van der Waals surface area contributed by atoms with Crippen molar-refractivity contribution in [3.63, 3.8) is 0 Å². The second kappa shape index (κ2) is 5.68. The average molecular weight is 306 g/mol. The van der Waals surface area contributed by atoms with Crippen LogP contribution in [0.15, 0.2) is 60.9 Å². The number of aromatic nitrogens is 2. The highest BCUT2D eigenvalue weighted by molar-refractivity contribution is 5.75. The second-order valence-electron chi connectivity index (χ2n) is 5.47. The molecule has 1 aromatic heterocycles. The molecule has 116 valence electrons. The molecular formula is C18H18N4O. The van der Waals surface area contributed by atoms with E-state index in [0.29, 0.717) is 6.01 Å². The van der Waals surface area contributed by atoms with E-state index in [9.17, 15) is 0 Å². The fourth-order valence-corrected chi connectivity index (χ4v) is 2.63. The highest BCUT2D eigenvalue weighted by Gasteiger charge is 2.12. The monoisotopic (exact) mass is 306 g/mol. The number of aromatic amines is 1. The summed E-state index contributed by atoms with van der Waals surface area (Å²) in [5.41, 5.74) is 3.02. The molecule has 5 heteroatoms. The van der Waals surface area contributed by atoms with Crippen molar-refractivity contribution in [3.8, 4) is 11.8 Å². The van der Waals surface area contributed by atoms with Crippen molar-refractivity contribution < 1.29 is 4.74 Å². The van der Waals surface area contributed by atoms with Crippen molar-refractivity contribution in [1.82, 2.24) is 14.9 Å². The predicted molar refractivity (Wildman–Crippen MR) is 91.5 cm³/mol. The smallest absolute Gasteiger partial charge is 0.300 e. The van der Waals surface area contributed by atoms with Gasteiger partial charge in [-0.2, -0.15) is 4.98 Å². The van der Waals surface area contributed by atoms with Gasteiger partial charge in [-0.1, -0.05) is 12.1 Å². The number of anilines is 1. The Kier molecular flexibility index (Phi) is 3.38. The Morgan fingerprint density at radius 3 is 2.65 bits per heavy atom. The zero-order valence-corrected chi connectivity index (χ0v) is 12.9. The zero-order chi connectivity index (χ0) is 15.6. The Balaban J connectivity index is 1.49. The molecule has 0 saturated carbocycles. The lowest BCUT2D eigenvalue weighted by molar-refractivity contribution is 0.429. The summed E-state index contributed by atoms with van der Waals surface area (Å²) in [5.74, 6) is 0.767. The van der Waals surface area contributed by atoms with Gasteiger partial charge in [0.2, 0.25) is 0 Å². The largest absolute Gasteiger partial charge is 0.426 e. The molecule has 0 spiro atoms. The van der Waals surface area contributed by atoms with E-state index in [4.69, 9.17) is 4.74 Å². The summed E-state index contributed by atoms with van der Waals surface area (Å²) in [6.45, 7) is 4.05. The van der Waals surface area contributed by atoms with Gasteiger partial charge in [0.25, 0.3) is 6.01 Å². The average Bonchev–Trinajstić information content (AvgIpc) is 3.21. The fraction of sp³-hybridized carbons (Fsp3) is 0.167. The Hall–Kier alpha value is -2.95. The summed E-state index contributed by atoms with van der Waals surface area (Å²) in [6, 6.07) is 16.4. The normalized spacial score (nSPS) is 14.0. The van der Waals surface area contributed by atoms with Crippen molar-refractivity contribution in [2.75, 3.05) is 18.1 Å². The van der Waals surface area contributed by atoms with E-state index < -0.39 is 0 Å². The number of fused-ring (bicyclic) bond motifs is 1. The third-order valence-electron chi connectivity index (χ3n) is 3.95. The molecule has 23 heavy (non-hydrogen) atoms. The maximum Gasteiger partial charge on any atom is 0.300 e. The number of benzene rings is 2. The van der Waals surface area contributed by atoms with Crippen LogP contribution in [0.1, 0.15) is 6.92 Å². The van der Waals surface area contributed by atoms with Crippen LogP contribution in [0.3, 0.4) is 0 Å².